The monoisotopic (exact) mass is 516 g/mol. The predicted molar refractivity (Wildman–Crippen MR) is 140 cm³/mol. The first-order valence-corrected chi connectivity index (χ1v) is 13.3. The summed E-state index contributed by atoms with van der Waals surface area (Å²) in [5, 5.41) is 1.75. The zero-order valence-electron chi connectivity index (χ0n) is 21.2. The van der Waals surface area contributed by atoms with Crippen LogP contribution in [0.25, 0.3) is 0 Å². The molecule has 8 nitrogen and oxygen atoms in total. The van der Waals surface area contributed by atoms with Crippen molar-refractivity contribution < 1.29 is 27.5 Å². The van der Waals surface area contributed by atoms with E-state index < -0.39 is 15.3 Å². The number of nitrogens with zero attached hydrogens (tertiary/aromatic N) is 1. The fraction of sp³-hybridized carbons (Fsp3) is 0.407. The Kier molecular flexibility index (Phi) is 11.6. The summed E-state index contributed by atoms with van der Waals surface area (Å²) in [4.78, 5) is 23.4. The van der Waals surface area contributed by atoms with Gasteiger partial charge in [-0.05, 0) is 61.6 Å². The van der Waals surface area contributed by atoms with Gasteiger partial charge in [-0.1, -0.05) is 30.3 Å². The van der Waals surface area contributed by atoms with Gasteiger partial charge in [0.2, 0.25) is 15.9 Å². The van der Waals surface area contributed by atoms with E-state index in [-0.39, 0.29) is 44.2 Å². The number of nitrogens with one attached hydrogen (secondary N) is 1. The molecule has 196 valence electrons. The lowest BCUT2D eigenvalue weighted by atomic mass is 10.1. The van der Waals surface area contributed by atoms with Crippen LogP contribution in [-0.4, -0.2) is 50.4 Å². The van der Waals surface area contributed by atoms with Gasteiger partial charge in [-0.25, -0.2) is 8.42 Å². The van der Waals surface area contributed by atoms with Crippen LogP contribution in [0, 0.1) is 0 Å². The van der Waals surface area contributed by atoms with Gasteiger partial charge in [-0.2, -0.15) is 4.31 Å². The molecule has 1 amide bonds. The number of sulfonamides is 1. The third kappa shape index (κ3) is 9.13. The van der Waals surface area contributed by atoms with E-state index in [1.165, 1.54) is 11.2 Å². The summed E-state index contributed by atoms with van der Waals surface area (Å²) >= 11 is 0. The number of carbonyl (C=O) groups is 2. The second kappa shape index (κ2) is 14.4. The Morgan fingerprint density at radius 2 is 1.44 bits per heavy atom. The van der Waals surface area contributed by atoms with Crippen LogP contribution in [0.1, 0.15) is 43.7 Å². The van der Waals surface area contributed by atoms with Crippen molar-refractivity contribution in [3.63, 3.8) is 0 Å². The number of ether oxygens (including phenoxy) is 2. The van der Waals surface area contributed by atoms with E-state index in [0.717, 1.165) is 11.1 Å². The van der Waals surface area contributed by atoms with E-state index >= 15 is 0 Å². The third-order valence-electron chi connectivity index (χ3n) is 5.74. The molecule has 0 aliphatic carbocycles. The van der Waals surface area contributed by atoms with Crippen LogP contribution in [0.3, 0.4) is 0 Å². The average Bonchev–Trinajstić information content (AvgIpc) is 2.87. The molecule has 0 bridgehead atoms. The summed E-state index contributed by atoms with van der Waals surface area (Å²) in [6.07, 6.45) is 2.66. The molecule has 2 aromatic carbocycles. The van der Waals surface area contributed by atoms with E-state index in [9.17, 15) is 18.0 Å². The first-order valence-electron chi connectivity index (χ1n) is 11.8. The van der Waals surface area contributed by atoms with Gasteiger partial charge in [0.1, 0.15) is 17.3 Å². The number of carbonyl (C=O) groups excluding carboxylic acids is 2. The van der Waals surface area contributed by atoms with Gasteiger partial charge < -0.3 is 14.8 Å². The topological polar surface area (TPSA) is 102 Å². The van der Waals surface area contributed by atoms with Crippen LogP contribution < -0.4 is 14.8 Å². The highest BCUT2D eigenvalue weighted by Crippen LogP contribution is 2.25. The SMILES string of the molecule is C=CCC[C@@H](CCC(=O)NCC(C)=O)S(=O)(=O)N(Cc1ccc(OC)cc1)Cc1ccc(OC)cc1. The van der Waals surface area contributed by atoms with Crippen molar-refractivity contribution >= 4 is 21.7 Å². The summed E-state index contributed by atoms with van der Waals surface area (Å²) in [7, 11) is -0.663. The molecule has 1 N–H and O–H groups in total. The van der Waals surface area contributed by atoms with E-state index in [4.69, 9.17) is 9.47 Å². The Balaban J connectivity index is 2.31. The number of rotatable bonds is 16. The fourth-order valence-electron chi connectivity index (χ4n) is 3.67. The summed E-state index contributed by atoms with van der Waals surface area (Å²) in [6, 6.07) is 14.5. The lowest BCUT2D eigenvalue weighted by Crippen LogP contribution is -2.39. The molecule has 9 heteroatoms. The normalized spacial score (nSPS) is 12.1. The average molecular weight is 517 g/mol. The van der Waals surface area contributed by atoms with Crippen molar-refractivity contribution in [2.45, 2.75) is 50.9 Å². The Hall–Kier alpha value is -3.17. The molecule has 0 unspecified atom stereocenters. The van der Waals surface area contributed by atoms with Crippen molar-refractivity contribution in [2.75, 3.05) is 20.8 Å². The zero-order chi connectivity index (χ0) is 26.6. The Bertz CT molecular complexity index is 1050. The van der Waals surface area contributed by atoms with Crippen molar-refractivity contribution in [2.24, 2.45) is 0 Å². The molecule has 0 fully saturated rings. The third-order valence-corrected chi connectivity index (χ3v) is 8.03. The number of hydrogen-bond acceptors (Lipinski definition) is 6. The minimum Gasteiger partial charge on any atom is -0.497 e. The number of methoxy groups -OCH3 is 2. The molecule has 0 aromatic heterocycles. The van der Waals surface area contributed by atoms with Crippen LogP contribution in [0.4, 0.5) is 0 Å². The highest BCUT2D eigenvalue weighted by Gasteiger charge is 2.32. The van der Waals surface area contributed by atoms with Gasteiger partial charge in [-0.15, -0.1) is 6.58 Å². The van der Waals surface area contributed by atoms with E-state index in [1.54, 1.807) is 44.6 Å². The predicted octanol–water partition coefficient (Wildman–Crippen LogP) is 3.86. The molecule has 36 heavy (non-hydrogen) atoms. The molecule has 1 atom stereocenters. The summed E-state index contributed by atoms with van der Waals surface area (Å²) < 4.78 is 39.7. The quantitative estimate of drug-likeness (QED) is 0.340. The lowest BCUT2D eigenvalue weighted by molar-refractivity contribution is -0.124. The van der Waals surface area contributed by atoms with Crippen LogP contribution in [0.15, 0.2) is 61.2 Å². The summed E-state index contributed by atoms with van der Waals surface area (Å²) in [5.74, 6) is 0.859. The van der Waals surface area contributed by atoms with Crippen molar-refractivity contribution in [3.05, 3.63) is 72.3 Å². The molecule has 0 spiro atoms. The van der Waals surface area contributed by atoms with Gasteiger partial charge >= 0.3 is 0 Å². The molecular weight excluding hydrogens is 480 g/mol. The lowest BCUT2D eigenvalue weighted by Gasteiger charge is -2.28. The van der Waals surface area contributed by atoms with Crippen LogP contribution in [0.5, 0.6) is 11.5 Å². The summed E-state index contributed by atoms with van der Waals surface area (Å²) in [5.41, 5.74) is 1.63. The van der Waals surface area contributed by atoms with Gasteiger partial charge in [0.15, 0.2) is 0 Å². The van der Waals surface area contributed by atoms with Crippen molar-refractivity contribution in [1.82, 2.24) is 9.62 Å². The molecule has 0 radical (unpaired) electrons. The van der Waals surface area contributed by atoms with Crippen molar-refractivity contribution in [3.8, 4) is 11.5 Å². The Morgan fingerprint density at radius 3 is 1.86 bits per heavy atom. The van der Waals surface area contributed by atoms with Crippen LogP contribution in [-0.2, 0) is 32.7 Å². The van der Waals surface area contributed by atoms with E-state index in [0.29, 0.717) is 24.3 Å². The van der Waals surface area contributed by atoms with Gasteiger partial charge in [-0.3, -0.25) is 9.59 Å². The Morgan fingerprint density at radius 1 is 0.944 bits per heavy atom. The molecule has 2 rings (SSSR count). The minimum atomic E-state index is -3.81. The molecule has 0 saturated carbocycles. The molecule has 0 heterocycles. The highest BCUT2D eigenvalue weighted by molar-refractivity contribution is 7.89. The van der Waals surface area contributed by atoms with Crippen LogP contribution >= 0.6 is 0 Å². The molecule has 0 aliphatic rings. The number of ketones is 1. The van der Waals surface area contributed by atoms with Gasteiger partial charge in [0.05, 0.1) is 26.0 Å². The van der Waals surface area contributed by atoms with Gasteiger partial charge in [0, 0.05) is 19.5 Å². The fourth-order valence-corrected chi connectivity index (χ4v) is 5.59. The second-order valence-corrected chi connectivity index (χ2v) is 10.7. The second-order valence-electron chi connectivity index (χ2n) is 8.51. The number of hydrogen-bond donors (Lipinski definition) is 1. The standard InChI is InChI=1S/C27H36N2O6S/c1-5-6-7-26(16-17-27(31)28-18-21(2)30)36(32,33)29(19-22-8-12-24(34-3)13-9-22)20-23-10-14-25(35-4)15-11-23/h5,8-15,26H,1,6-7,16-20H2,2-4H3,(H,28,31)/t26-/m0/s1. The molecule has 0 saturated heterocycles. The largest absolute Gasteiger partial charge is 0.497 e. The smallest absolute Gasteiger partial charge is 0.220 e. The molecular formula is C27H36N2O6S. The number of Topliss-reactive ketones (excluding diaryl/α,β-unsaturated/α-hetero) is 1. The van der Waals surface area contributed by atoms with E-state index in [2.05, 4.69) is 11.9 Å². The number of allylic oxidation sites excluding steroid dienone is 1. The van der Waals surface area contributed by atoms with E-state index in [1.807, 2.05) is 24.3 Å². The highest BCUT2D eigenvalue weighted by atomic mass is 32.2. The minimum absolute atomic E-state index is 0.00717. The number of benzene rings is 2. The van der Waals surface area contributed by atoms with Gasteiger partial charge in [0.25, 0.3) is 0 Å². The first kappa shape index (κ1) is 29.1. The summed E-state index contributed by atoms with van der Waals surface area (Å²) in [6.45, 7) is 5.37. The first-order chi connectivity index (χ1) is 17.2. The number of amides is 1. The maximum atomic E-state index is 13.9. The Labute approximate surface area is 214 Å². The maximum absolute atomic E-state index is 13.9. The zero-order valence-corrected chi connectivity index (χ0v) is 22.1. The van der Waals surface area contributed by atoms with Crippen LogP contribution in [0.2, 0.25) is 0 Å². The molecule has 2 aromatic rings. The maximum Gasteiger partial charge on any atom is 0.220 e. The van der Waals surface area contributed by atoms with Crippen molar-refractivity contribution in [1.29, 1.82) is 0 Å². The molecule has 0 aliphatic heterocycles.